The molecule has 24 heavy (non-hydrogen) atoms. The van der Waals surface area contributed by atoms with Crippen LogP contribution in [-0.2, 0) is 6.54 Å². The van der Waals surface area contributed by atoms with Gasteiger partial charge in [-0.25, -0.2) is 0 Å². The van der Waals surface area contributed by atoms with Crippen LogP contribution in [0.4, 0.5) is 0 Å². The zero-order valence-electron chi connectivity index (χ0n) is 13.1. The third kappa shape index (κ3) is 2.61. The highest BCUT2D eigenvalue weighted by atomic mass is 16.1. The summed E-state index contributed by atoms with van der Waals surface area (Å²) in [5, 5.41) is 0.985. The summed E-state index contributed by atoms with van der Waals surface area (Å²) in [6.45, 7) is 0.551. The Hall–Kier alpha value is -3.20. The first kappa shape index (κ1) is 14.4. The maximum Gasteiger partial charge on any atom is 0.251 e. The van der Waals surface area contributed by atoms with Crippen molar-refractivity contribution in [3.63, 3.8) is 0 Å². The fourth-order valence-electron chi connectivity index (χ4n) is 2.98. The van der Waals surface area contributed by atoms with Gasteiger partial charge in [0.2, 0.25) is 0 Å². The summed E-state index contributed by atoms with van der Waals surface area (Å²) in [5.74, 6) is 0. The molecule has 3 nitrogen and oxygen atoms in total. The summed E-state index contributed by atoms with van der Waals surface area (Å²) in [6, 6.07) is 25.5. The van der Waals surface area contributed by atoms with Crippen LogP contribution in [0.15, 0.2) is 89.9 Å². The van der Waals surface area contributed by atoms with Crippen molar-refractivity contribution in [1.82, 2.24) is 9.55 Å². The number of benzene rings is 2. The maximum absolute atomic E-state index is 12.4. The Bertz CT molecular complexity index is 1040. The van der Waals surface area contributed by atoms with E-state index in [4.69, 9.17) is 0 Å². The summed E-state index contributed by atoms with van der Waals surface area (Å²) in [5.41, 5.74) is 3.95. The molecule has 0 aliphatic heterocycles. The van der Waals surface area contributed by atoms with Crippen molar-refractivity contribution in [1.29, 1.82) is 0 Å². The van der Waals surface area contributed by atoms with Gasteiger partial charge in [-0.1, -0.05) is 60.7 Å². The molecule has 0 radical (unpaired) electrons. The first-order valence-corrected chi connectivity index (χ1v) is 7.91. The molecule has 116 valence electrons. The van der Waals surface area contributed by atoms with Gasteiger partial charge in [0, 0.05) is 23.2 Å². The molecule has 0 bridgehead atoms. The van der Waals surface area contributed by atoms with Gasteiger partial charge in [0.15, 0.2) is 0 Å². The number of pyridine rings is 2. The van der Waals surface area contributed by atoms with Crippen LogP contribution in [0, 0.1) is 0 Å². The highest BCUT2D eigenvalue weighted by molar-refractivity contribution is 5.92. The Kier molecular flexibility index (Phi) is 3.67. The molecule has 0 unspecified atom stereocenters. The molecule has 0 fully saturated rings. The Morgan fingerprint density at radius 2 is 1.50 bits per heavy atom. The van der Waals surface area contributed by atoms with Gasteiger partial charge < -0.3 is 4.57 Å². The Balaban J connectivity index is 1.92. The number of hydrogen-bond donors (Lipinski definition) is 0. The van der Waals surface area contributed by atoms with Crippen molar-refractivity contribution in [2.75, 3.05) is 0 Å². The van der Waals surface area contributed by atoms with E-state index >= 15 is 0 Å². The number of aromatic nitrogens is 2. The molecule has 2 heterocycles. The summed E-state index contributed by atoms with van der Waals surface area (Å²) >= 11 is 0. The molecular weight excluding hydrogens is 296 g/mol. The summed E-state index contributed by atoms with van der Waals surface area (Å²) in [7, 11) is 0. The molecule has 0 amide bonds. The first-order valence-electron chi connectivity index (χ1n) is 7.91. The second-order valence-electron chi connectivity index (χ2n) is 5.70. The normalized spacial score (nSPS) is 10.8. The maximum atomic E-state index is 12.4. The van der Waals surface area contributed by atoms with E-state index in [1.807, 2.05) is 72.8 Å². The van der Waals surface area contributed by atoms with Crippen LogP contribution in [0.2, 0.25) is 0 Å². The lowest BCUT2D eigenvalue weighted by molar-refractivity contribution is 0.794. The van der Waals surface area contributed by atoms with E-state index in [1.54, 1.807) is 16.8 Å². The van der Waals surface area contributed by atoms with Crippen LogP contribution in [0.5, 0.6) is 0 Å². The van der Waals surface area contributed by atoms with Crippen LogP contribution < -0.4 is 5.56 Å². The number of nitrogens with zero attached hydrogens (tertiary/aromatic N) is 2. The molecule has 0 atom stereocenters. The minimum absolute atomic E-state index is 0.00318. The van der Waals surface area contributed by atoms with Crippen molar-refractivity contribution < 1.29 is 0 Å². The summed E-state index contributed by atoms with van der Waals surface area (Å²) < 4.78 is 1.80. The van der Waals surface area contributed by atoms with Crippen LogP contribution in [0.25, 0.3) is 22.2 Å². The molecule has 0 spiro atoms. The molecular formula is C21H16N2O. The zero-order chi connectivity index (χ0) is 16.4. The molecule has 3 heteroatoms. The third-order valence-electron chi connectivity index (χ3n) is 4.15. The fourth-order valence-corrected chi connectivity index (χ4v) is 2.98. The van der Waals surface area contributed by atoms with E-state index < -0.39 is 0 Å². The Morgan fingerprint density at radius 1 is 0.792 bits per heavy atom. The average Bonchev–Trinajstić information content (AvgIpc) is 2.65. The van der Waals surface area contributed by atoms with E-state index in [9.17, 15) is 4.79 Å². The molecule has 0 aliphatic rings. The van der Waals surface area contributed by atoms with Gasteiger partial charge in [-0.2, -0.15) is 0 Å². The lowest BCUT2D eigenvalue weighted by Crippen LogP contribution is -2.20. The second-order valence-corrected chi connectivity index (χ2v) is 5.70. The standard InChI is InChI=1S/C21H16N2O/c24-20-12-11-18-19(23(20)15-16-7-3-1-4-8-16)13-14-22-21(18)17-9-5-2-6-10-17/h1-14H,15H2. The van der Waals surface area contributed by atoms with Gasteiger partial charge in [-0.05, 0) is 17.7 Å². The highest BCUT2D eigenvalue weighted by Crippen LogP contribution is 2.25. The zero-order valence-corrected chi connectivity index (χ0v) is 13.1. The smallest absolute Gasteiger partial charge is 0.251 e. The topological polar surface area (TPSA) is 34.9 Å². The van der Waals surface area contributed by atoms with Gasteiger partial charge in [0.25, 0.3) is 5.56 Å². The van der Waals surface area contributed by atoms with Crippen LogP contribution in [0.3, 0.4) is 0 Å². The van der Waals surface area contributed by atoms with Gasteiger partial charge in [0.05, 0.1) is 17.8 Å². The Labute approximate surface area is 139 Å². The highest BCUT2D eigenvalue weighted by Gasteiger charge is 2.09. The van der Waals surface area contributed by atoms with Crippen molar-refractivity contribution in [3.05, 3.63) is 101 Å². The first-order chi connectivity index (χ1) is 11.8. The fraction of sp³-hybridized carbons (Fsp3) is 0.0476. The summed E-state index contributed by atoms with van der Waals surface area (Å²) in [4.78, 5) is 17.0. The van der Waals surface area contributed by atoms with Gasteiger partial charge in [0.1, 0.15) is 0 Å². The summed E-state index contributed by atoms with van der Waals surface area (Å²) in [6.07, 6.45) is 1.77. The van der Waals surface area contributed by atoms with Crippen molar-refractivity contribution in [3.8, 4) is 11.3 Å². The molecule has 0 saturated carbocycles. The Morgan fingerprint density at radius 3 is 2.25 bits per heavy atom. The molecule has 2 aromatic carbocycles. The third-order valence-corrected chi connectivity index (χ3v) is 4.15. The van der Waals surface area contributed by atoms with Gasteiger partial charge in [-0.15, -0.1) is 0 Å². The SMILES string of the molecule is O=c1ccc2c(-c3ccccc3)nccc2n1Cc1ccccc1. The van der Waals surface area contributed by atoms with Crippen LogP contribution in [-0.4, -0.2) is 9.55 Å². The van der Waals surface area contributed by atoms with E-state index in [0.29, 0.717) is 6.54 Å². The number of hydrogen-bond acceptors (Lipinski definition) is 2. The minimum atomic E-state index is -0.00318. The molecule has 4 rings (SSSR count). The predicted octanol–water partition coefficient (Wildman–Crippen LogP) is 4.11. The van der Waals surface area contributed by atoms with E-state index in [0.717, 1.165) is 27.7 Å². The van der Waals surface area contributed by atoms with Gasteiger partial charge in [-0.3, -0.25) is 9.78 Å². The number of fused-ring (bicyclic) bond motifs is 1. The average molecular weight is 312 g/mol. The lowest BCUT2D eigenvalue weighted by atomic mass is 10.1. The molecule has 2 aromatic heterocycles. The van der Waals surface area contributed by atoms with Gasteiger partial charge >= 0.3 is 0 Å². The van der Waals surface area contributed by atoms with E-state index in [-0.39, 0.29) is 5.56 Å². The van der Waals surface area contributed by atoms with Crippen LogP contribution >= 0.6 is 0 Å². The lowest BCUT2D eigenvalue weighted by Gasteiger charge is -2.12. The van der Waals surface area contributed by atoms with Crippen molar-refractivity contribution in [2.24, 2.45) is 0 Å². The number of rotatable bonds is 3. The minimum Gasteiger partial charge on any atom is -0.304 e. The molecule has 0 aliphatic carbocycles. The molecule has 0 saturated heterocycles. The monoisotopic (exact) mass is 312 g/mol. The van der Waals surface area contributed by atoms with Crippen LogP contribution in [0.1, 0.15) is 5.56 Å². The van der Waals surface area contributed by atoms with Crippen molar-refractivity contribution >= 4 is 10.9 Å². The van der Waals surface area contributed by atoms with E-state index in [2.05, 4.69) is 4.98 Å². The predicted molar refractivity (Wildman–Crippen MR) is 97.0 cm³/mol. The van der Waals surface area contributed by atoms with E-state index in [1.165, 1.54) is 0 Å². The molecule has 0 N–H and O–H groups in total. The second kappa shape index (κ2) is 6.13. The quantitative estimate of drug-likeness (QED) is 0.570. The largest absolute Gasteiger partial charge is 0.304 e. The molecule has 4 aromatic rings. The van der Waals surface area contributed by atoms with Crippen molar-refractivity contribution in [2.45, 2.75) is 6.54 Å².